The lowest BCUT2D eigenvalue weighted by atomic mass is 9.89. The first-order valence-corrected chi connectivity index (χ1v) is 6.77. The highest BCUT2D eigenvalue weighted by molar-refractivity contribution is 5.09. The number of methoxy groups -OCH3 is 1. The third-order valence-corrected chi connectivity index (χ3v) is 4.06. The minimum absolute atomic E-state index is 0.109. The monoisotopic (exact) mass is 269 g/mol. The number of aromatic nitrogens is 3. The summed E-state index contributed by atoms with van der Waals surface area (Å²) >= 11 is 0. The fraction of sp³-hybridized carbons (Fsp3) is 0.846. The lowest BCUT2D eigenvalue weighted by molar-refractivity contribution is 0.0550. The topological polar surface area (TPSA) is 69.4 Å². The molecule has 0 amide bonds. The van der Waals surface area contributed by atoms with Crippen LogP contribution < -0.4 is 0 Å². The molecule has 108 valence electrons. The summed E-state index contributed by atoms with van der Waals surface area (Å²) in [6, 6.07) is 0. The molecule has 4 unspecified atom stereocenters. The Morgan fingerprint density at radius 1 is 1.26 bits per heavy atom. The van der Waals surface area contributed by atoms with E-state index in [1.165, 1.54) is 0 Å². The summed E-state index contributed by atoms with van der Waals surface area (Å²) in [5.41, 5.74) is 0. The number of hydrogen-bond acceptors (Lipinski definition) is 5. The van der Waals surface area contributed by atoms with Gasteiger partial charge in [-0.1, -0.05) is 6.92 Å². The van der Waals surface area contributed by atoms with Crippen LogP contribution in [0.25, 0.3) is 0 Å². The zero-order valence-corrected chi connectivity index (χ0v) is 12.0. The highest BCUT2D eigenvalue weighted by Crippen LogP contribution is 2.39. The van der Waals surface area contributed by atoms with Gasteiger partial charge in [-0.25, -0.2) is 0 Å². The molecule has 1 aliphatic rings. The Hall–Kier alpha value is -0.980. The molecule has 2 heterocycles. The second-order valence-electron chi connectivity index (χ2n) is 5.21. The molecule has 1 aliphatic heterocycles. The smallest absolute Gasteiger partial charge is 0.158 e. The molecule has 1 fully saturated rings. The lowest BCUT2D eigenvalue weighted by Gasteiger charge is -2.19. The third-order valence-electron chi connectivity index (χ3n) is 4.06. The number of aliphatic hydroxyl groups excluding tert-OH is 1. The summed E-state index contributed by atoms with van der Waals surface area (Å²) in [6.45, 7) is 7.45. The van der Waals surface area contributed by atoms with E-state index in [-0.39, 0.29) is 24.7 Å². The van der Waals surface area contributed by atoms with Crippen molar-refractivity contribution >= 4 is 0 Å². The van der Waals surface area contributed by atoms with Crippen LogP contribution >= 0.6 is 0 Å². The van der Waals surface area contributed by atoms with Crippen molar-refractivity contribution in [3.05, 3.63) is 11.6 Å². The average Bonchev–Trinajstić information content (AvgIpc) is 2.89. The van der Waals surface area contributed by atoms with Crippen molar-refractivity contribution in [1.29, 1.82) is 0 Å². The van der Waals surface area contributed by atoms with Gasteiger partial charge in [0.1, 0.15) is 12.4 Å². The normalized spacial score (nSPS) is 31.0. The molecule has 1 saturated heterocycles. The van der Waals surface area contributed by atoms with E-state index in [2.05, 4.69) is 31.0 Å². The number of ether oxygens (including phenoxy) is 2. The van der Waals surface area contributed by atoms with E-state index in [0.717, 1.165) is 5.82 Å². The first-order chi connectivity index (χ1) is 9.10. The quantitative estimate of drug-likeness (QED) is 0.861. The molecule has 0 saturated carbocycles. The number of nitrogens with zero attached hydrogens (tertiary/aromatic N) is 3. The number of aliphatic hydroxyl groups is 1. The molecular formula is C13H23N3O3. The van der Waals surface area contributed by atoms with Crippen molar-refractivity contribution in [2.24, 2.45) is 5.92 Å². The molecule has 0 spiro atoms. The van der Waals surface area contributed by atoms with Crippen LogP contribution in [-0.2, 0) is 22.6 Å². The van der Waals surface area contributed by atoms with Crippen LogP contribution in [0, 0.1) is 5.92 Å². The Balaban J connectivity index is 2.30. The van der Waals surface area contributed by atoms with E-state index in [1.807, 2.05) is 4.57 Å². The summed E-state index contributed by atoms with van der Waals surface area (Å²) in [6.07, 6.45) is 0.326. The van der Waals surface area contributed by atoms with E-state index in [4.69, 9.17) is 9.47 Å². The molecule has 0 radical (unpaired) electrons. The fourth-order valence-electron chi connectivity index (χ4n) is 2.85. The van der Waals surface area contributed by atoms with E-state index < -0.39 is 0 Å². The molecule has 1 N–H and O–H groups in total. The van der Waals surface area contributed by atoms with Crippen molar-refractivity contribution in [3.8, 4) is 0 Å². The molecule has 1 aromatic rings. The van der Waals surface area contributed by atoms with Crippen molar-refractivity contribution in [2.45, 2.75) is 52.0 Å². The maximum Gasteiger partial charge on any atom is 0.158 e. The molecule has 6 nitrogen and oxygen atoms in total. The van der Waals surface area contributed by atoms with Gasteiger partial charge in [0, 0.05) is 13.7 Å². The molecule has 1 aromatic heterocycles. The van der Waals surface area contributed by atoms with E-state index in [1.54, 1.807) is 7.11 Å². The first kappa shape index (κ1) is 14.4. The zero-order chi connectivity index (χ0) is 14.0. The second kappa shape index (κ2) is 5.98. The van der Waals surface area contributed by atoms with Crippen molar-refractivity contribution in [1.82, 2.24) is 14.8 Å². The Morgan fingerprint density at radius 3 is 2.53 bits per heavy atom. The number of hydrogen-bond donors (Lipinski definition) is 1. The SMILES string of the molecule is COCCn1c(CO)nnc1C1C(C)OC(C)C1C. The third kappa shape index (κ3) is 2.66. The largest absolute Gasteiger partial charge is 0.388 e. The van der Waals surface area contributed by atoms with Crippen LogP contribution in [0.15, 0.2) is 0 Å². The minimum atomic E-state index is -0.109. The Bertz CT molecular complexity index is 421. The summed E-state index contributed by atoms with van der Waals surface area (Å²) in [5, 5.41) is 17.7. The molecule has 0 aromatic carbocycles. The first-order valence-electron chi connectivity index (χ1n) is 6.77. The molecule has 0 bridgehead atoms. The second-order valence-corrected chi connectivity index (χ2v) is 5.21. The molecule has 0 aliphatic carbocycles. The van der Waals surface area contributed by atoms with Crippen LogP contribution in [0.2, 0.25) is 0 Å². The summed E-state index contributed by atoms with van der Waals surface area (Å²) in [5.74, 6) is 2.07. The lowest BCUT2D eigenvalue weighted by Crippen LogP contribution is -2.22. The zero-order valence-electron chi connectivity index (χ0n) is 12.0. The highest BCUT2D eigenvalue weighted by atomic mass is 16.5. The summed E-state index contributed by atoms with van der Waals surface area (Å²) < 4.78 is 12.9. The standard InChI is InChI=1S/C13H23N3O3/c1-8-9(2)19-10(3)12(8)13-15-14-11(7-17)16(13)5-6-18-4/h8-10,12,17H,5-7H2,1-4H3. The predicted molar refractivity (Wildman–Crippen MR) is 69.7 cm³/mol. The van der Waals surface area contributed by atoms with Crippen LogP contribution in [0.4, 0.5) is 0 Å². The average molecular weight is 269 g/mol. The van der Waals surface area contributed by atoms with E-state index in [9.17, 15) is 5.11 Å². The van der Waals surface area contributed by atoms with Crippen LogP contribution in [-0.4, -0.2) is 45.8 Å². The van der Waals surface area contributed by atoms with Gasteiger partial charge in [-0.05, 0) is 19.8 Å². The van der Waals surface area contributed by atoms with Gasteiger partial charge in [-0.15, -0.1) is 10.2 Å². The van der Waals surface area contributed by atoms with Gasteiger partial charge in [-0.3, -0.25) is 0 Å². The molecule has 2 rings (SSSR count). The van der Waals surface area contributed by atoms with Crippen molar-refractivity contribution in [3.63, 3.8) is 0 Å². The van der Waals surface area contributed by atoms with Crippen LogP contribution in [0.1, 0.15) is 38.3 Å². The Kier molecular flexibility index (Phi) is 4.54. The van der Waals surface area contributed by atoms with E-state index in [0.29, 0.717) is 24.9 Å². The van der Waals surface area contributed by atoms with E-state index >= 15 is 0 Å². The fourth-order valence-corrected chi connectivity index (χ4v) is 2.85. The van der Waals surface area contributed by atoms with Gasteiger partial charge in [0.15, 0.2) is 5.82 Å². The highest BCUT2D eigenvalue weighted by Gasteiger charge is 2.41. The Labute approximate surface area is 113 Å². The van der Waals surface area contributed by atoms with Gasteiger partial charge in [0.2, 0.25) is 0 Å². The predicted octanol–water partition coefficient (Wildman–Crippen LogP) is 0.944. The number of rotatable bonds is 5. The summed E-state index contributed by atoms with van der Waals surface area (Å²) in [7, 11) is 1.66. The van der Waals surface area contributed by atoms with Gasteiger partial charge < -0.3 is 19.1 Å². The van der Waals surface area contributed by atoms with Gasteiger partial charge in [0.05, 0.1) is 24.7 Å². The van der Waals surface area contributed by atoms with Crippen LogP contribution in [0.5, 0.6) is 0 Å². The Morgan fingerprint density at radius 2 is 2.00 bits per heavy atom. The van der Waals surface area contributed by atoms with Crippen molar-refractivity contribution in [2.75, 3.05) is 13.7 Å². The van der Waals surface area contributed by atoms with Gasteiger partial charge in [0.25, 0.3) is 0 Å². The minimum Gasteiger partial charge on any atom is -0.388 e. The van der Waals surface area contributed by atoms with Crippen molar-refractivity contribution < 1.29 is 14.6 Å². The molecular weight excluding hydrogens is 246 g/mol. The van der Waals surface area contributed by atoms with Gasteiger partial charge in [-0.2, -0.15) is 0 Å². The summed E-state index contributed by atoms with van der Waals surface area (Å²) in [4.78, 5) is 0. The maximum absolute atomic E-state index is 9.36. The van der Waals surface area contributed by atoms with Crippen LogP contribution in [0.3, 0.4) is 0 Å². The molecule has 4 atom stereocenters. The van der Waals surface area contributed by atoms with Gasteiger partial charge >= 0.3 is 0 Å². The maximum atomic E-state index is 9.36. The molecule has 19 heavy (non-hydrogen) atoms. The molecule has 6 heteroatoms.